The highest BCUT2D eigenvalue weighted by Gasteiger charge is 2.52. The normalized spacial score (nSPS) is 31.3. The van der Waals surface area contributed by atoms with E-state index in [2.05, 4.69) is 31.9 Å². The molecular formula is C15H13Br2NO4. The smallest absolute Gasteiger partial charge is 0.335 e. The van der Waals surface area contributed by atoms with Crippen LogP contribution in [0.25, 0.3) is 0 Å². The molecule has 1 saturated heterocycles. The minimum Gasteiger partial charge on any atom is -0.478 e. The van der Waals surface area contributed by atoms with Crippen LogP contribution in [-0.4, -0.2) is 32.5 Å². The van der Waals surface area contributed by atoms with Gasteiger partial charge >= 0.3 is 5.97 Å². The Morgan fingerprint density at radius 3 is 2.14 bits per heavy atom. The standard InChI is InChI=1S/C15H13Br2NO4/c16-11-5-9-10(6-12(11)17)14(20)18(13(9)19)8-3-1-2-7(4-8)15(21)22/h1-4,9-12H,5-6H2,(H,21,22)/t9-,10-,11+,12+/m0/s1. The minimum absolute atomic E-state index is 0.0599. The molecule has 5 nitrogen and oxygen atoms in total. The topological polar surface area (TPSA) is 74.7 Å². The molecule has 1 aliphatic carbocycles. The van der Waals surface area contributed by atoms with Crippen molar-refractivity contribution in [3.05, 3.63) is 29.8 Å². The highest BCUT2D eigenvalue weighted by molar-refractivity contribution is 9.12. The molecule has 1 N–H and O–H groups in total. The fourth-order valence-corrected chi connectivity index (χ4v) is 4.36. The van der Waals surface area contributed by atoms with Gasteiger partial charge in [-0.05, 0) is 31.0 Å². The molecule has 0 bridgehead atoms. The van der Waals surface area contributed by atoms with Crippen molar-refractivity contribution in [3.63, 3.8) is 0 Å². The Kier molecular flexibility index (Phi) is 4.11. The van der Waals surface area contributed by atoms with Crippen LogP contribution in [0.3, 0.4) is 0 Å². The van der Waals surface area contributed by atoms with Crippen LogP contribution in [0.4, 0.5) is 5.69 Å². The van der Waals surface area contributed by atoms with Gasteiger partial charge in [0.1, 0.15) is 0 Å². The number of carbonyl (C=O) groups is 3. The number of fused-ring (bicyclic) bond motifs is 1. The van der Waals surface area contributed by atoms with E-state index in [0.717, 1.165) is 4.90 Å². The van der Waals surface area contributed by atoms with Crippen molar-refractivity contribution < 1.29 is 19.5 Å². The number of amides is 2. The number of benzene rings is 1. The molecule has 0 radical (unpaired) electrons. The first-order chi connectivity index (χ1) is 10.4. The maximum Gasteiger partial charge on any atom is 0.335 e. The van der Waals surface area contributed by atoms with E-state index in [-0.39, 0.29) is 38.9 Å². The number of halogens is 2. The molecule has 2 aliphatic rings. The van der Waals surface area contributed by atoms with Gasteiger partial charge in [0.15, 0.2) is 0 Å². The van der Waals surface area contributed by atoms with E-state index in [1.54, 1.807) is 12.1 Å². The zero-order chi connectivity index (χ0) is 16.0. The van der Waals surface area contributed by atoms with Gasteiger partial charge in [-0.25, -0.2) is 4.79 Å². The number of aromatic carboxylic acids is 1. The molecule has 2 amide bonds. The summed E-state index contributed by atoms with van der Waals surface area (Å²) in [5.41, 5.74) is 0.395. The third-order valence-electron chi connectivity index (χ3n) is 4.26. The van der Waals surface area contributed by atoms with Crippen LogP contribution >= 0.6 is 31.9 Å². The molecule has 0 unspecified atom stereocenters. The number of hydrogen-bond acceptors (Lipinski definition) is 3. The fourth-order valence-electron chi connectivity index (χ4n) is 3.13. The van der Waals surface area contributed by atoms with E-state index in [9.17, 15) is 14.4 Å². The zero-order valence-electron chi connectivity index (χ0n) is 11.4. The van der Waals surface area contributed by atoms with Gasteiger partial charge in [0.25, 0.3) is 0 Å². The lowest BCUT2D eigenvalue weighted by Gasteiger charge is -2.29. The summed E-state index contributed by atoms with van der Waals surface area (Å²) in [4.78, 5) is 37.7. The van der Waals surface area contributed by atoms with Crippen LogP contribution in [0.5, 0.6) is 0 Å². The average Bonchev–Trinajstić information content (AvgIpc) is 2.71. The average molecular weight is 431 g/mol. The number of nitrogens with zero attached hydrogens (tertiary/aromatic N) is 1. The van der Waals surface area contributed by atoms with Crippen LogP contribution in [-0.2, 0) is 9.59 Å². The highest BCUT2D eigenvalue weighted by Crippen LogP contribution is 2.44. The molecule has 1 heterocycles. The van der Waals surface area contributed by atoms with Gasteiger partial charge in [-0.15, -0.1) is 0 Å². The lowest BCUT2D eigenvalue weighted by molar-refractivity contribution is -0.122. The first-order valence-electron chi connectivity index (χ1n) is 6.89. The SMILES string of the molecule is O=C(O)c1cccc(N2C(=O)[C@H]3C[C@@H](Br)[C@H](Br)C[C@@H]3C2=O)c1. The predicted molar refractivity (Wildman–Crippen MR) is 87.5 cm³/mol. The van der Waals surface area contributed by atoms with Crippen LogP contribution in [0.2, 0.25) is 0 Å². The Bertz CT molecular complexity index is 635. The summed E-state index contributed by atoms with van der Waals surface area (Å²) >= 11 is 7.08. The van der Waals surface area contributed by atoms with Gasteiger partial charge in [0, 0.05) is 9.65 Å². The maximum absolute atomic E-state index is 12.6. The summed E-state index contributed by atoms with van der Waals surface area (Å²) in [6.45, 7) is 0. The van der Waals surface area contributed by atoms with Crippen LogP contribution in [0.1, 0.15) is 23.2 Å². The molecule has 4 atom stereocenters. The highest BCUT2D eigenvalue weighted by atomic mass is 79.9. The quantitative estimate of drug-likeness (QED) is 0.578. The van der Waals surface area contributed by atoms with Gasteiger partial charge in [0.2, 0.25) is 11.8 Å². The van der Waals surface area contributed by atoms with Crippen molar-refractivity contribution >= 4 is 55.3 Å². The van der Waals surface area contributed by atoms with Gasteiger partial charge in [-0.3, -0.25) is 14.5 Å². The molecule has 7 heteroatoms. The van der Waals surface area contributed by atoms with Crippen molar-refractivity contribution in [1.82, 2.24) is 0 Å². The Morgan fingerprint density at radius 1 is 1.09 bits per heavy atom. The molecule has 1 aromatic rings. The Labute approximate surface area is 143 Å². The number of anilines is 1. The van der Waals surface area contributed by atoms with Crippen molar-refractivity contribution in [2.24, 2.45) is 11.8 Å². The van der Waals surface area contributed by atoms with E-state index in [1.165, 1.54) is 12.1 Å². The minimum atomic E-state index is -1.08. The van der Waals surface area contributed by atoms with E-state index in [1.807, 2.05) is 0 Å². The molecule has 0 spiro atoms. The molecule has 22 heavy (non-hydrogen) atoms. The van der Waals surface area contributed by atoms with Crippen molar-refractivity contribution in [3.8, 4) is 0 Å². The van der Waals surface area contributed by atoms with Crippen molar-refractivity contribution in [2.75, 3.05) is 4.90 Å². The zero-order valence-corrected chi connectivity index (χ0v) is 14.6. The predicted octanol–water partition coefficient (Wildman–Crippen LogP) is 2.81. The van der Waals surface area contributed by atoms with Gasteiger partial charge < -0.3 is 5.11 Å². The summed E-state index contributed by atoms with van der Waals surface area (Å²) < 4.78 is 0. The van der Waals surface area contributed by atoms with Gasteiger partial charge in [-0.2, -0.15) is 0 Å². The van der Waals surface area contributed by atoms with E-state index in [0.29, 0.717) is 18.5 Å². The fraction of sp³-hybridized carbons (Fsp3) is 0.400. The molecular weight excluding hydrogens is 418 g/mol. The second kappa shape index (κ2) is 5.77. The van der Waals surface area contributed by atoms with Gasteiger partial charge in [-0.1, -0.05) is 37.9 Å². The number of carbonyl (C=O) groups excluding carboxylic acids is 2. The van der Waals surface area contributed by atoms with E-state index >= 15 is 0 Å². The molecule has 0 aromatic heterocycles. The Hall–Kier alpha value is -1.21. The number of imide groups is 1. The first kappa shape index (κ1) is 15.7. The Morgan fingerprint density at radius 2 is 1.64 bits per heavy atom. The maximum atomic E-state index is 12.6. The van der Waals surface area contributed by atoms with Crippen molar-refractivity contribution in [1.29, 1.82) is 0 Å². The number of carboxylic acids is 1. The largest absolute Gasteiger partial charge is 0.478 e. The van der Waals surface area contributed by atoms with Crippen LogP contribution in [0, 0.1) is 11.8 Å². The third-order valence-corrected chi connectivity index (χ3v) is 7.00. The molecule has 3 rings (SSSR count). The summed E-state index contributed by atoms with van der Waals surface area (Å²) in [6, 6.07) is 5.94. The molecule has 1 aliphatic heterocycles. The summed E-state index contributed by atoms with van der Waals surface area (Å²) in [6.07, 6.45) is 1.19. The third kappa shape index (κ3) is 2.50. The molecule has 1 aromatic carbocycles. The van der Waals surface area contributed by atoms with Gasteiger partial charge in [0.05, 0.1) is 23.1 Å². The number of alkyl halides is 2. The number of carboxylic acid groups (broad SMARTS) is 1. The second-order valence-electron chi connectivity index (χ2n) is 5.58. The Balaban J connectivity index is 1.95. The summed E-state index contributed by atoms with van der Waals surface area (Å²) in [5, 5.41) is 9.06. The monoisotopic (exact) mass is 429 g/mol. The number of rotatable bonds is 2. The second-order valence-corrected chi connectivity index (χ2v) is 7.94. The van der Waals surface area contributed by atoms with E-state index < -0.39 is 5.97 Å². The van der Waals surface area contributed by atoms with Crippen LogP contribution in [0.15, 0.2) is 24.3 Å². The molecule has 1 saturated carbocycles. The number of hydrogen-bond donors (Lipinski definition) is 1. The summed E-state index contributed by atoms with van der Waals surface area (Å²) in [5.74, 6) is -2.22. The molecule has 116 valence electrons. The first-order valence-corrected chi connectivity index (χ1v) is 8.72. The van der Waals surface area contributed by atoms with Crippen molar-refractivity contribution in [2.45, 2.75) is 22.5 Å². The summed E-state index contributed by atoms with van der Waals surface area (Å²) in [7, 11) is 0. The van der Waals surface area contributed by atoms with E-state index in [4.69, 9.17) is 5.11 Å². The lowest BCUT2D eigenvalue weighted by Crippen LogP contribution is -2.34. The lowest BCUT2D eigenvalue weighted by atomic mass is 9.81. The molecule has 2 fully saturated rings. The van der Waals surface area contributed by atoms with Crippen LogP contribution < -0.4 is 4.90 Å².